The average molecular weight is 402 g/mol. The van der Waals surface area contributed by atoms with Crippen molar-refractivity contribution in [2.24, 2.45) is 0 Å². The largest absolute Gasteiger partial charge is 0.395 e. The Morgan fingerprint density at radius 2 is 1.52 bits per heavy atom. The van der Waals surface area contributed by atoms with Crippen molar-refractivity contribution in [2.45, 2.75) is 17.7 Å². The molecule has 0 fully saturated rings. The summed E-state index contributed by atoms with van der Waals surface area (Å²) in [5, 5.41) is 21.3. The molecule has 148 valence electrons. The highest BCUT2D eigenvalue weighted by atomic mass is 32.2. The van der Waals surface area contributed by atoms with Crippen molar-refractivity contribution in [1.82, 2.24) is 15.5 Å². The van der Waals surface area contributed by atoms with Crippen LogP contribution < -0.4 is 20.8 Å². The molecule has 0 saturated heterocycles. The van der Waals surface area contributed by atoms with E-state index in [0.717, 1.165) is 12.1 Å². The first-order chi connectivity index (χ1) is 12.7. The number of amides is 4. The fourth-order valence-electron chi connectivity index (χ4n) is 1.70. The third kappa shape index (κ3) is 7.39. The lowest BCUT2D eigenvalue weighted by Gasteiger charge is -2.09. The quantitative estimate of drug-likeness (QED) is 0.161. The van der Waals surface area contributed by atoms with Gasteiger partial charge >= 0.3 is 11.8 Å². The summed E-state index contributed by atoms with van der Waals surface area (Å²) in [4.78, 5) is 45.0. The van der Waals surface area contributed by atoms with Crippen LogP contribution in [-0.2, 0) is 29.2 Å². The number of aliphatic hydroxyl groups is 1. The van der Waals surface area contributed by atoms with Crippen molar-refractivity contribution in [3.05, 3.63) is 24.3 Å². The number of aliphatic hydroxyl groups excluding tert-OH is 1. The van der Waals surface area contributed by atoms with E-state index in [1.165, 1.54) is 17.6 Å². The Bertz CT molecular complexity index is 807. The van der Waals surface area contributed by atoms with Crippen molar-refractivity contribution >= 4 is 39.3 Å². The third-order valence-electron chi connectivity index (χ3n) is 2.98. The number of hydrogen-bond donors (Lipinski definition) is 6. The van der Waals surface area contributed by atoms with Crippen LogP contribution in [0.3, 0.4) is 0 Å². The van der Waals surface area contributed by atoms with Gasteiger partial charge in [-0.2, -0.15) is 0 Å². The lowest BCUT2D eigenvalue weighted by atomic mass is 10.2. The smallest absolute Gasteiger partial charge is 0.322 e. The molecule has 0 unspecified atom stereocenters. The Labute approximate surface area is 153 Å². The van der Waals surface area contributed by atoms with Crippen LogP contribution in [0.4, 0.5) is 5.69 Å². The molecule has 0 heterocycles. The standard InChI is InChI=1S/C14H18N4O8S/c19-8-7-15-13(22)14(23)18-27(25,26)10-3-1-9(2-4-10)16-11(20)5-6-12(21)17-24/h1-4,19,24H,5-8H2,(H,15,22)(H,16,20)(H,17,21)(H,18,23). The Morgan fingerprint density at radius 1 is 0.926 bits per heavy atom. The molecule has 0 aromatic heterocycles. The summed E-state index contributed by atoms with van der Waals surface area (Å²) in [6.07, 6.45) is -0.440. The molecule has 13 heteroatoms. The number of hydrogen-bond acceptors (Lipinski definition) is 8. The number of sulfonamides is 1. The van der Waals surface area contributed by atoms with Crippen molar-refractivity contribution in [2.75, 3.05) is 18.5 Å². The molecule has 27 heavy (non-hydrogen) atoms. The summed E-state index contributed by atoms with van der Waals surface area (Å²) >= 11 is 0. The van der Waals surface area contributed by atoms with Crippen molar-refractivity contribution < 1.29 is 37.9 Å². The van der Waals surface area contributed by atoms with E-state index >= 15 is 0 Å². The van der Waals surface area contributed by atoms with Gasteiger partial charge in [-0.05, 0) is 24.3 Å². The van der Waals surface area contributed by atoms with Gasteiger partial charge in [0.2, 0.25) is 11.8 Å². The van der Waals surface area contributed by atoms with Gasteiger partial charge < -0.3 is 15.7 Å². The summed E-state index contributed by atoms with van der Waals surface area (Å²) in [5.41, 5.74) is 1.61. The number of hydroxylamine groups is 1. The van der Waals surface area contributed by atoms with Crippen LogP contribution >= 0.6 is 0 Å². The van der Waals surface area contributed by atoms with Gasteiger partial charge in [0.1, 0.15) is 0 Å². The lowest BCUT2D eigenvalue weighted by Crippen LogP contribution is -2.43. The second-order valence-electron chi connectivity index (χ2n) is 5.02. The highest BCUT2D eigenvalue weighted by Crippen LogP contribution is 2.14. The van der Waals surface area contributed by atoms with E-state index in [9.17, 15) is 27.6 Å². The van der Waals surface area contributed by atoms with Gasteiger partial charge in [0.05, 0.1) is 11.5 Å². The predicted octanol–water partition coefficient (Wildman–Crippen LogP) is -2.18. The van der Waals surface area contributed by atoms with E-state index in [-0.39, 0.29) is 30.0 Å². The van der Waals surface area contributed by atoms with Gasteiger partial charge in [-0.1, -0.05) is 0 Å². The fraction of sp³-hybridized carbons (Fsp3) is 0.286. The molecule has 0 aliphatic heterocycles. The maximum absolute atomic E-state index is 12.0. The van der Waals surface area contributed by atoms with Gasteiger partial charge in [0.25, 0.3) is 10.0 Å². The highest BCUT2D eigenvalue weighted by molar-refractivity contribution is 7.90. The van der Waals surface area contributed by atoms with Crippen LogP contribution in [-0.4, -0.2) is 55.5 Å². The topological polar surface area (TPSA) is 191 Å². The van der Waals surface area contributed by atoms with Crippen molar-refractivity contribution in [1.29, 1.82) is 0 Å². The molecule has 12 nitrogen and oxygen atoms in total. The minimum absolute atomic E-state index is 0.203. The third-order valence-corrected chi connectivity index (χ3v) is 4.33. The van der Waals surface area contributed by atoms with Crippen LogP contribution in [0.2, 0.25) is 0 Å². The van der Waals surface area contributed by atoms with E-state index in [2.05, 4.69) is 5.32 Å². The first-order valence-corrected chi connectivity index (χ1v) is 8.96. The van der Waals surface area contributed by atoms with Crippen molar-refractivity contribution in [3.63, 3.8) is 0 Å². The molecule has 6 N–H and O–H groups in total. The van der Waals surface area contributed by atoms with Crippen LogP contribution in [0.5, 0.6) is 0 Å². The molecule has 0 bridgehead atoms. The van der Waals surface area contributed by atoms with E-state index in [1.54, 1.807) is 4.72 Å². The number of anilines is 1. The SMILES string of the molecule is O=C(CCC(=O)Nc1ccc(S(=O)(=O)NC(=O)C(=O)NCCO)cc1)NO. The molecule has 1 rings (SSSR count). The second kappa shape index (κ2) is 10.2. The van der Waals surface area contributed by atoms with Gasteiger partial charge in [-0.25, -0.2) is 18.6 Å². The Kier molecular flexibility index (Phi) is 8.32. The zero-order valence-corrected chi connectivity index (χ0v) is 14.7. The second-order valence-corrected chi connectivity index (χ2v) is 6.70. The number of benzene rings is 1. The van der Waals surface area contributed by atoms with E-state index in [0.29, 0.717) is 0 Å². The normalized spacial score (nSPS) is 10.6. The van der Waals surface area contributed by atoms with Crippen LogP contribution in [0.1, 0.15) is 12.8 Å². The number of rotatable bonds is 8. The maximum atomic E-state index is 12.0. The Morgan fingerprint density at radius 3 is 2.07 bits per heavy atom. The first-order valence-electron chi connectivity index (χ1n) is 7.48. The zero-order chi connectivity index (χ0) is 20.4. The van der Waals surface area contributed by atoms with Gasteiger partial charge in [0.15, 0.2) is 0 Å². The summed E-state index contributed by atoms with van der Waals surface area (Å²) in [6.45, 7) is -0.621. The minimum Gasteiger partial charge on any atom is -0.395 e. The first kappa shape index (κ1) is 22.0. The Hall–Kier alpha value is -3.03. The molecule has 1 aromatic carbocycles. The molecular formula is C14H18N4O8S. The maximum Gasteiger partial charge on any atom is 0.322 e. The molecule has 1 aromatic rings. The fourth-order valence-corrected chi connectivity index (χ4v) is 2.65. The van der Waals surface area contributed by atoms with E-state index < -0.39 is 40.3 Å². The summed E-state index contributed by atoms with van der Waals surface area (Å²) in [5.74, 6) is -3.90. The van der Waals surface area contributed by atoms with Gasteiger partial charge in [-0.15, -0.1) is 0 Å². The summed E-state index contributed by atoms with van der Waals surface area (Å²) in [6, 6.07) is 4.68. The van der Waals surface area contributed by atoms with Gasteiger partial charge in [-0.3, -0.25) is 24.4 Å². The molecule has 0 aliphatic rings. The molecule has 0 saturated carbocycles. The zero-order valence-electron chi connectivity index (χ0n) is 13.9. The summed E-state index contributed by atoms with van der Waals surface area (Å²) < 4.78 is 25.7. The number of carbonyl (C=O) groups is 4. The Balaban J connectivity index is 2.68. The number of carbonyl (C=O) groups excluding carboxylic acids is 4. The molecule has 0 atom stereocenters. The molecule has 0 aliphatic carbocycles. The van der Waals surface area contributed by atoms with E-state index in [4.69, 9.17) is 10.3 Å². The molecular weight excluding hydrogens is 384 g/mol. The highest BCUT2D eigenvalue weighted by Gasteiger charge is 2.22. The number of nitrogens with one attached hydrogen (secondary N) is 4. The minimum atomic E-state index is -4.32. The van der Waals surface area contributed by atoms with Crippen molar-refractivity contribution in [3.8, 4) is 0 Å². The molecule has 0 spiro atoms. The molecule has 0 radical (unpaired) electrons. The van der Waals surface area contributed by atoms with Crippen LogP contribution in [0, 0.1) is 0 Å². The summed E-state index contributed by atoms with van der Waals surface area (Å²) in [7, 11) is -4.32. The average Bonchev–Trinajstić information content (AvgIpc) is 2.64. The predicted molar refractivity (Wildman–Crippen MR) is 89.7 cm³/mol. The van der Waals surface area contributed by atoms with Crippen LogP contribution in [0.15, 0.2) is 29.2 Å². The lowest BCUT2D eigenvalue weighted by molar-refractivity contribution is -0.138. The molecule has 4 amide bonds. The van der Waals surface area contributed by atoms with Crippen LogP contribution in [0.25, 0.3) is 0 Å². The van der Waals surface area contributed by atoms with E-state index in [1.807, 2.05) is 5.32 Å². The van der Waals surface area contributed by atoms with Gasteiger partial charge in [0, 0.05) is 25.1 Å². The monoisotopic (exact) mass is 402 g/mol.